The molecule has 0 aliphatic carbocycles. The molecule has 1 aromatic rings. The van der Waals surface area contributed by atoms with Gasteiger partial charge in [-0.2, -0.15) is 0 Å². The summed E-state index contributed by atoms with van der Waals surface area (Å²) < 4.78 is 0. The molecule has 1 atom stereocenters. The van der Waals surface area contributed by atoms with Crippen LogP contribution >= 0.6 is 11.6 Å². The van der Waals surface area contributed by atoms with Gasteiger partial charge in [-0.3, -0.25) is 0 Å². The molecule has 0 amide bonds. The lowest BCUT2D eigenvalue weighted by molar-refractivity contribution is 0.624. The number of rotatable bonds is 4. The zero-order chi connectivity index (χ0) is 9.68. The van der Waals surface area contributed by atoms with E-state index in [0.717, 1.165) is 5.02 Å². The van der Waals surface area contributed by atoms with Crippen LogP contribution in [0.25, 0.3) is 0 Å². The van der Waals surface area contributed by atoms with Crippen LogP contribution in [-0.4, -0.2) is 0 Å². The fourth-order valence-electron chi connectivity index (χ4n) is 1.47. The second-order valence-corrected chi connectivity index (χ2v) is 4.03. The van der Waals surface area contributed by atoms with Crippen molar-refractivity contribution >= 4 is 11.6 Å². The van der Waals surface area contributed by atoms with Gasteiger partial charge >= 0.3 is 0 Å². The van der Waals surface area contributed by atoms with Crippen LogP contribution in [0, 0.1) is 0 Å². The van der Waals surface area contributed by atoms with Crippen molar-refractivity contribution in [1.82, 2.24) is 0 Å². The second-order valence-electron chi connectivity index (χ2n) is 3.59. The van der Waals surface area contributed by atoms with Gasteiger partial charge in [0, 0.05) is 5.02 Å². The highest BCUT2D eigenvalue weighted by Gasteiger charge is 2.03. The lowest BCUT2D eigenvalue weighted by atomic mass is 9.96. The van der Waals surface area contributed by atoms with E-state index in [1.165, 1.54) is 24.8 Å². The van der Waals surface area contributed by atoms with Gasteiger partial charge in [-0.1, -0.05) is 50.4 Å². The maximum absolute atomic E-state index is 5.82. The van der Waals surface area contributed by atoms with Crippen LogP contribution < -0.4 is 0 Å². The molecule has 0 saturated heterocycles. The van der Waals surface area contributed by atoms with Crippen LogP contribution in [0.1, 0.15) is 44.6 Å². The first-order valence-corrected chi connectivity index (χ1v) is 5.37. The molecule has 0 fully saturated rings. The van der Waals surface area contributed by atoms with E-state index >= 15 is 0 Å². The Morgan fingerprint density at radius 3 is 2.38 bits per heavy atom. The van der Waals surface area contributed by atoms with Gasteiger partial charge in [0.1, 0.15) is 0 Å². The quantitative estimate of drug-likeness (QED) is 0.659. The predicted molar refractivity (Wildman–Crippen MR) is 59.4 cm³/mol. The minimum absolute atomic E-state index is 0.664. The minimum Gasteiger partial charge on any atom is -0.0843 e. The molecule has 0 nitrogen and oxygen atoms in total. The van der Waals surface area contributed by atoms with E-state index < -0.39 is 0 Å². The van der Waals surface area contributed by atoms with Crippen molar-refractivity contribution in [3.8, 4) is 0 Å². The fraction of sp³-hybridized carbons (Fsp3) is 0.500. The van der Waals surface area contributed by atoms with E-state index in [1.807, 2.05) is 12.1 Å². The van der Waals surface area contributed by atoms with E-state index in [4.69, 9.17) is 11.6 Å². The normalized spacial score (nSPS) is 12.8. The third-order valence-corrected chi connectivity index (χ3v) is 2.68. The lowest BCUT2D eigenvalue weighted by Crippen LogP contribution is -1.92. The van der Waals surface area contributed by atoms with Gasteiger partial charge < -0.3 is 0 Å². The molecule has 0 aliphatic rings. The van der Waals surface area contributed by atoms with Crippen molar-refractivity contribution in [2.75, 3.05) is 0 Å². The Balaban J connectivity index is 2.55. The predicted octanol–water partition coefficient (Wildman–Crippen LogP) is 4.63. The van der Waals surface area contributed by atoms with E-state index in [1.54, 1.807) is 0 Å². The standard InChI is InChI=1S/C12H17Cl/c1-3-4-5-10(2)11-6-8-12(13)9-7-11/h6-10H,3-5H2,1-2H3. The van der Waals surface area contributed by atoms with Gasteiger partial charge in [0.25, 0.3) is 0 Å². The van der Waals surface area contributed by atoms with Gasteiger partial charge in [-0.05, 0) is 30.0 Å². The third kappa shape index (κ3) is 3.40. The second kappa shape index (κ2) is 5.29. The first kappa shape index (κ1) is 10.6. The van der Waals surface area contributed by atoms with E-state index in [2.05, 4.69) is 26.0 Å². The van der Waals surface area contributed by atoms with Crippen LogP contribution in [0.15, 0.2) is 24.3 Å². The van der Waals surface area contributed by atoms with E-state index in [9.17, 15) is 0 Å². The Labute approximate surface area is 85.9 Å². The number of hydrogen-bond acceptors (Lipinski definition) is 0. The van der Waals surface area contributed by atoms with Crippen LogP contribution in [0.5, 0.6) is 0 Å². The maximum Gasteiger partial charge on any atom is 0.0406 e. The molecule has 0 bridgehead atoms. The molecule has 0 saturated carbocycles. The fourth-order valence-corrected chi connectivity index (χ4v) is 1.59. The molecule has 72 valence electrons. The van der Waals surface area contributed by atoms with Crippen LogP contribution in [0.4, 0.5) is 0 Å². The Bertz CT molecular complexity index is 238. The molecule has 0 aromatic heterocycles. The third-order valence-electron chi connectivity index (χ3n) is 2.43. The zero-order valence-electron chi connectivity index (χ0n) is 8.39. The molecule has 0 heterocycles. The largest absolute Gasteiger partial charge is 0.0843 e. The topological polar surface area (TPSA) is 0 Å². The summed E-state index contributed by atoms with van der Waals surface area (Å²) in [6, 6.07) is 8.20. The van der Waals surface area contributed by atoms with Crippen molar-refractivity contribution in [1.29, 1.82) is 0 Å². The van der Waals surface area contributed by atoms with Crippen molar-refractivity contribution in [3.63, 3.8) is 0 Å². The highest BCUT2D eigenvalue weighted by atomic mass is 35.5. The first-order valence-electron chi connectivity index (χ1n) is 4.99. The average Bonchev–Trinajstić information content (AvgIpc) is 2.15. The smallest absolute Gasteiger partial charge is 0.0406 e. The molecule has 0 spiro atoms. The Morgan fingerprint density at radius 1 is 1.23 bits per heavy atom. The summed E-state index contributed by atoms with van der Waals surface area (Å²) in [4.78, 5) is 0. The van der Waals surface area contributed by atoms with Crippen LogP contribution in [-0.2, 0) is 0 Å². The molecule has 1 unspecified atom stereocenters. The maximum atomic E-state index is 5.82. The molecular formula is C12H17Cl. The highest BCUT2D eigenvalue weighted by molar-refractivity contribution is 6.30. The van der Waals surface area contributed by atoms with E-state index in [0.29, 0.717) is 5.92 Å². The van der Waals surface area contributed by atoms with Crippen LogP contribution in [0.3, 0.4) is 0 Å². The summed E-state index contributed by atoms with van der Waals surface area (Å²) >= 11 is 5.82. The summed E-state index contributed by atoms with van der Waals surface area (Å²) in [5.41, 5.74) is 1.40. The molecule has 1 heteroatoms. The molecule has 0 N–H and O–H groups in total. The first-order chi connectivity index (χ1) is 6.24. The number of hydrogen-bond donors (Lipinski definition) is 0. The number of unbranched alkanes of at least 4 members (excludes halogenated alkanes) is 1. The summed E-state index contributed by atoms with van der Waals surface area (Å²) in [6.07, 6.45) is 3.86. The molecule has 13 heavy (non-hydrogen) atoms. The highest BCUT2D eigenvalue weighted by Crippen LogP contribution is 2.22. The van der Waals surface area contributed by atoms with Gasteiger partial charge in [-0.15, -0.1) is 0 Å². The van der Waals surface area contributed by atoms with Crippen molar-refractivity contribution in [3.05, 3.63) is 34.9 Å². The summed E-state index contributed by atoms with van der Waals surface area (Å²) in [6.45, 7) is 4.51. The summed E-state index contributed by atoms with van der Waals surface area (Å²) in [5, 5.41) is 0.825. The molecule has 1 rings (SSSR count). The number of halogens is 1. The molecule has 0 radical (unpaired) electrons. The average molecular weight is 197 g/mol. The van der Waals surface area contributed by atoms with Gasteiger partial charge in [0.2, 0.25) is 0 Å². The number of benzene rings is 1. The van der Waals surface area contributed by atoms with Crippen LogP contribution in [0.2, 0.25) is 5.02 Å². The lowest BCUT2D eigenvalue weighted by Gasteiger charge is -2.10. The monoisotopic (exact) mass is 196 g/mol. The van der Waals surface area contributed by atoms with E-state index in [-0.39, 0.29) is 0 Å². The molecule has 0 aliphatic heterocycles. The molecular weight excluding hydrogens is 180 g/mol. The van der Waals surface area contributed by atoms with Gasteiger partial charge in [-0.25, -0.2) is 0 Å². The van der Waals surface area contributed by atoms with Gasteiger partial charge in [0.15, 0.2) is 0 Å². The Morgan fingerprint density at radius 2 is 1.85 bits per heavy atom. The molecule has 1 aromatic carbocycles. The van der Waals surface area contributed by atoms with Crippen molar-refractivity contribution in [2.45, 2.75) is 39.0 Å². The SMILES string of the molecule is CCCCC(C)c1ccc(Cl)cc1. The van der Waals surface area contributed by atoms with Crippen molar-refractivity contribution < 1.29 is 0 Å². The summed E-state index contributed by atoms with van der Waals surface area (Å²) in [5.74, 6) is 0.664. The van der Waals surface area contributed by atoms with Gasteiger partial charge in [0.05, 0.1) is 0 Å². The van der Waals surface area contributed by atoms with Crippen molar-refractivity contribution in [2.24, 2.45) is 0 Å². The Hall–Kier alpha value is -0.490. The Kier molecular flexibility index (Phi) is 4.31. The summed E-state index contributed by atoms with van der Waals surface area (Å²) in [7, 11) is 0. The zero-order valence-corrected chi connectivity index (χ0v) is 9.14. The minimum atomic E-state index is 0.664.